The minimum atomic E-state index is -0.315. The van der Waals surface area contributed by atoms with Gasteiger partial charge in [-0.3, -0.25) is 9.48 Å². The average molecular weight is 223 g/mol. The van der Waals surface area contributed by atoms with Crippen molar-refractivity contribution in [3.05, 3.63) is 18.0 Å². The van der Waals surface area contributed by atoms with E-state index in [1.165, 1.54) is 0 Å². The molecule has 0 aromatic carbocycles. The van der Waals surface area contributed by atoms with Crippen molar-refractivity contribution in [2.75, 3.05) is 0 Å². The summed E-state index contributed by atoms with van der Waals surface area (Å²) in [6, 6.07) is -0.315. The third-order valence-electron chi connectivity index (χ3n) is 2.67. The largest absolute Gasteiger partial charge is 0.321 e. The lowest BCUT2D eigenvalue weighted by Gasteiger charge is -2.08. The van der Waals surface area contributed by atoms with E-state index in [0.717, 1.165) is 31.4 Å². The smallest absolute Gasteiger partial charge is 0.153 e. The summed E-state index contributed by atoms with van der Waals surface area (Å²) in [5, 5.41) is 4.13. The Balaban J connectivity index is 2.44. The zero-order valence-corrected chi connectivity index (χ0v) is 10.1. The number of aromatic nitrogens is 2. The maximum atomic E-state index is 11.8. The fraction of sp³-hybridized carbons (Fsp3) is 0.667. The molecule has 1 rings (SSSR count). The first-order chi connectivity index (χ1) is 7.67. The second-order valence-electron chi connectivity index (χ2n) is 4.10. The lowest BCUT2D eigenvalue weighted by molar-refractivity contribution is -0.119. The Morgan fingerprint density at radius 2 is 2.31 bits per heavy atom. The zero-order valence-electron chi connectivity index (χ0n) is 10.1. The summed E-state index contributed by atoms with van der Waals surface area (Å²) in [5.74, 6) is 0.115. The molecule has 1 atom stereocenters. The van der Waals surface area contributed by atoms with Gasteiger partial charge in [-0.25, -0.2) is 0 Å². The number of Topliss-reactive ketones (excluding diaryl/α,β-unsaturated/α-hetero) is 1. The Labute approximate surface area is 96.8 Å². The molecule has 2 N–H and O–H groups in total. The van der Waals surface area contributed by atoms with Crippen molar-refractivity contribution in [1.82, 2.24) is 9.78 Å². The van der Waals surface area contributed by atoms with Crippen LogP contribution in [-0.4, -0.2) is 21.6 Å². The summed E-state index contributed by atoms with van der Waals surface area (Å²) in [7, 11) is 0. The predicted octanol–water partition coefficient (Wildman–Crippen LogP) is 1.53. The van der Waals surface area contributed by atoms with Crippen molar-refractivity contribution in [2.24, 2.45) is 5.73 Å². The molecule has 0 saturated carbocycles. The summed E-state index contributed by atoms with van der Waals surface area (Å²) >= 11 is 0. The summed E-state index contributed by atoms with van der Waals surface area (Å²) in [5.41, 5.74) is 6.77. The number of rotatable bonds is 7. The van der Waals surface area contributed by atoms with E-state index in [4.69, 9.17) is 5.73 Å². The van der Waals surface area contributed by atoms with Gasteiger partial charge in [0.1, 0.15) is 0 Å². The molecular formula is C12H21N3O. The minimum Gasteiger partial charge on any atom is -0.321 e. The lowest BCUT2D eigenvalue weighted by Crippen LogP contribution is -2.31. The average Bonchev–Trinajstić information content (AvgIpc) is 2.73. The van der Waals surface area contributed by atoms with E-state index >= 15 is 0 Å². The van der Waals surface area contributed by atoms with E-state index in [0.29, 0.717) is 6.42 Å². The Hall–Kier alpha value is -1.16. The number of carbonyl (C=O) groups is 1. The first kappa shape index (κ1) is 12.9. The van der Waals surface area contributed by atoms with Gasteiger partial charge in [0.15, 0.2) is 5.78 Å². The fourth-order valence-electron chi connectivity index (χ4n) is 1.59. The number of hydrogen-bond acceptors (Lipinski definition) is 3. The summed E-state index contributed by atoms with van der Waals surface area (Å²) in [6.07, 6.45) is 6.94. The molecule has 4 nitrogen and oxygen atoms in total. The molecule has 0 fully saturated rings. The maximum absolute atomic E-state index is 11.8. The normalized spacial score (nSPS) is 12.7. The van der Waals surface area contributed by atoms with Crippen molar-refractivity contribution < 1.29 is 4.79 Å². The van der Waals surface area contributed by atoms with Crippen LogP contribution in [0.4, 0.5) is 0 Å². The van der Waals surface area contributed by atoms with Gasteiger partial charge in [-0.1, -0.05) is 19.8 Å². The van der Waals surface area contributed by atoms with Crippen LogP contribution in [0.3, 0.4) is 0 Å². The predicted molar refractivity (Wildman–Crippen MR) is 64.1 cm³/mol. The van der Waals surface area contributed by atoms with Crippen molar-refractivity contribution in [2.45, 2.75) is 52.1 Å². The quantitative estimate of drug-likeness (QED) is 0.762. The van der Waals surface area contributed by atoms with Gasteiger partial charge >= 0.3 is 0 Å². The molecule has 0 amide bonds. The molecule has 1 heterocycles. The molecule has 0 bridgehead atoms. The highest BCUT2D eigenvalue weighted by Gasteiger charge is 2.14. The first-order valence-corrected chi connectivity index (χ1v) is 5.97. The Bertz CT molecular complexity index is 333. The maximum Gasteiger partial charge on any atom is 0.153 e. The van der Waals surface area contributed by atoms with E-state index in [1.807, 2.05) is 17.8 Å². The molecule has 0 aliphatic rings. The van der Waals surface area contributed by atoms with Gasteiger partial charge in [0.05, 0.1) is 12.2 Å². The molecule has 0 spiro atoms. The van der Waals surface area contributed by atoms with Gasteiger partial charge in [0.25, 0.3) is 0 Å². The van der Waals surface area contributed by atoms with Gasteiger partial charge < -0.3 is 5.73 Å². The molecular weight excluding hydrogens is 202 g/mol. The number of ketones is 1. The topological polar surface area (TPSA) is 60.9 Å². The molecule has 0 aliphatic carbocycles. The minimum absolute atomic E-state index is 0.115. The van der Waals surface area contributed by atoms with Crippen LogP contribution in [0, 0.1) is 0 Å². The van der Waals surface area contributed by atoms with E-state index in [2.05, 4.69) is 12.0 Å². The highest BCUT2D eigenvalue weighted by molar-refractivity contribution is 5.85. The molecule has 1 aromatic heterocycles. The van der Waals surface area contributed by atoms with Crippen LogP contribution in [0.5, 0.6) is 0 Å². The summed E-state index contributed by atoms with van der Waals surface area (Å²) in [4.78, 5) is 11.8. The fourth-order valence-corrected chi connectivity index (χ4v) is 1.59. The number of nitrogens with two attached hydrogens (primary N) is 1. The summed E-state index contributed by atoms with van der Waals surface area (Å²) < 4.78 is 1.82. The van der Waals surface area contributed by atoms with Gasteiger partial charge in [-0.2, -0.15) is 5.10 Å². The molecule has 0 saturated heterocycles. The standard InChI is InChI=1S/C12H21N3O/c1-3-5-6-11(13)12(16)7-10-8-14-15(4-2)9-10/h8-9,11H,3-7,13H2,1-2H3. The number of nitrogens with zero attached hydrogens (tertiary/aromatic N) is 2. The molecule has 0 aliphatic heterocycles. The van der Waals surface area contributed by atoms with Crippen LogP contribution in [0.25, 0.3) is 0 Å². The van der Waals surface area contributed by atoms with Crippen LogP contribution in [-0.2, 0) is 17.8 Å². The van der Waals surface area contributed by atoms with Gasteiger partial charge in [0.2, 0.25) is 0 Å². The van der Waals surface area contributed by atoms with Crippen LogP contribution in [0.15, 0.2) is 12.4 Å². The number of carbonyl (C=O) groups excluding carboxylic acids is 1. The molecule has 4 heteroatoms. The molecule has 16 heavy (non-hydrogen) atoms. The third kappa shape index (κ3) is 3.77. The second kappa shape index (κ2) is 6.43. The Morgan fingerprint density at radius 3 is 2.88 bits per heavy atom. The number of aryl methyl sites for hydroxylation is 1. The van der Waals surface area contributed by atoms with E-state index in [-0.39, 0.29) is 11.8 Å². The highest BCUT2D eigenvalue weighted by Crippen LogP contribution is 2.05. The van der Waals surface area contributed by atoms with E-state index < -0.39 is 0 Å². The van der Waals surface area contributed by atoms with E-state index in [1.54, 1.807) is 6.20 Å². The van der Waals surface area contributed by atoms with Crippen molar-refractivity contribution in [3.8, 4) is 0 Å². The Morgan fingerprint density at radius 1 is 1.56 bits per heavy atom. The second-order valence-corrected chi connectivity index (χ2v) is 4.10. The monoisotopic (exact) mass is 223 g/mol. The van der Waals surface area contributed by atoms with Crippen LogP contribution in [0.1, 0.15) is 38.7 Å². The van der Waals surface area contributed by atoms with Crippen LogP contribution < -0.4 is 5.73 Å². The Kier molecular flexibility index (Phi) is 5.19. The van der Waals surface area contributed by atoms with Crippen molar-refractivity contribution in [3.63, 3.8) is 0 Å². The third-order valence-corrected chi connectivity index (χ3v) is 2.67. The zero-order chi connectivity index (χ0) is 12.0. The molecule has 90 valence electrons. The van der Waals surface area contributed by atoms with Crippen LogP contribution >= 0.6 is 0 Å². The van der Waals surface area contributed by atoms with Crippen molar-refractivity contribution in [1.29, 1.82) is 0 Å². The number of hydrogen-bond donors (Lipinski definition) is 1. The lowest BCUT2D eigenvalue weighted by atomic mass is 10.0. The van der Waals surface area contributed by atoms with Crippen LogP contribution in [0.2, 0.25) is 0 Å². The van der Waals surface area contributed by atoms with Crippen molar-refractivity contribution >= 4 is 5.78 Å². The molecule has 1 unspecified atom stereocenters. The molecule has 0 radical (unpaired) electrons. The molecule has 1 aromatic rings. The summed E-state index contributed by atoms with van der Waals surface area (Å²) in [6.45, 7) is 4.95. The van der Waals surface area contributed by atoms with E-state index in [9.17, 15) is 4.79 Å². The van der Waals surface area contributed by atoms with Gasteiger partial charge in [0, 0.05) is 19.2 Å². The SMILES string of the molecule is CCCCC(N)C(=O)Cc1cnn(CC)c1. The first-order valence-electron chi connectivity index (χ1n) is 5.97. The highest BCUT2D eigenvalue weighted by atomic mass is 16.1. The number of unbranched alkanes of at least 4 members (excludes halogenated alkanes) is 1. The van der Waals surface area contributed by atoms with Gasteiger partial charge in [-0.15, -0.1) is 0 Å². The van der Waals surface area contributed by atoms with Gasteiger partial charge in [-0.05, 0) is 18.9 Å².